The monoisotopic (exact) mass is 309 g/mol. The molecule has 0 aliphatic heterocycles. The molecule has 4 nitrogen and oxygen atoms in total. The van der Waals surface area contributed by atoms with Crippen molar-refractivity contribution in [2.45, 2.75) is 6.54 Å². The molecule has 1 heterocycles. The van der Waals surface area contributed by atoms with Gasteiger partial charge in [0.25, 0.3) is 0 Å². The summed E-state index contributed by atoms with van der Waals surface area (Å²) in [5.74, 6) is -0.200. The van der Waals surface area contributed by atoms with Gasteiger partial charge in [-0.1, -0.05) is 29.3 Å². The number of pyridine rings is 1. The van der Waals surface area contributed by atoms with Gasteiger partial charge in [0.05, 0.1) is 22.3 Å². The molecule has 0 unspecified atom stereocenters. The average molecular weight is 310 g/mol. The summed E-state index contributed by atoms with van der Waals surface area (Å²) in [4.78, 5) is 15.7. The summed E-state index contributed by atoms with van der Waals surface area (Å²) in [6, 6.07) is 8.84. The van der Waals surface area contributed by atoms with Crippen molar-refractivity contribution in [2.24, 2.45) is 0 Å². The number of anilines is 1. The SMILES string of the molecule is O=C(CNCc1ccncc1)Nc1c(Cl)cccc1Cl. The van der Waals surface area contributed by atoms with Gasteiger partial charge in [-0.15, -0.1) is 0 Å². The maximum atomic E-state index is 11.8. The number of benzene rings is 1. The van der Waals surface area contributed by atoms with Crippen molar-refractivity contribution >= 4 is 34.8 Å². The van der Waals surface area contributed by atoms with Crippen molar-refractivity contribution in [3.05, 3.63) is 58.3 Å². The number of para-hydroxylation sites is 1. The minimum Gasteiger partial charge on any atom is -0.322 e. The predicted molar refractivity (Wildman–Crippen MR) is 81.0 cm³/mol. The van der Waals surface area contributed by atoms with Gasteiger partial charge in [-0.25, -0.2) is 0 Å². The molecule has 20 heavy (non-hydrogen) atoms. The summed E-state index contributed by atoms with van der Waals surface area (Å²) in [5.41, 5.74) is 1.50. The first kappa shape index (κ1) is 14.8. The van der Waals surface area contributed by atoms with Crippen LogP contribution in [0.3, 0.4) is 0 Å². The van der Waals surface area contributed by atoms with E-state index in [0.717, 1.165) is 5.56 Å². The van der Waals surface area contributed by atoms with Crippen LogP contribution in [0.15, 0.2) is 42.7 Å². The van der Waals surface area contributed by atoms with Crippen LogP contribution in [0, 0.1) is 0 Å². The Morgan fingerprint density at radius 2 is 1.75 bits per heavy atom. The summed E-state index contributed by atoms with van der Waals surface area (Å²) in [6.45, 7) is 0.760. The molecule has 0 fully saturated rings. The number of carbonyl (C=O) groups is 1. The Kier molecular flexibility index (Phi) is 5.35. The number of rotatable bonds is 5. The number of hydrogen-bond acceptors (Lipinski definition) is 3. The first-order valence-corrected chi connectivity index (χ1v) is 6.76. The second-order valence-electron chi connectivity index (χ2n) is 4.10. The van der Waals surface area contributed by atoms with E-state index >= 15 is 0 Å². The lowest BCUT2D eigenvalue weighted by Gasteiger charge is -2.09. The lowest BCUT2D eigenvalue weighted by molar-refractivity contribution is -0.115. The highest BCUT2D eigenvalue weighted by Crippen LogP contribution is 2.29. The van der Waals surface area contributed by atoms with E-state index in [1.54, 1.807) is 30.6 Å². The van der Waals surface area contributed by atoms with Gasteiger partial charge in [-0.2, -0.15) is 0 Å². The number of halogens is 2. The van der Waals surface area contributed by atoms with Crippen LogP contribution < -0.4 is 10.6 Å². The Balaban J connectivity index is 1.84. The highest BCUT2D eigenvalue weighted by atomic mass is 35.5. The van der Waals surface area contributed by atoms with Crippen LogP contribution in [-0.4, -0.2) is 17.4 Å². The van der Waals surface area contributed by atoms with Crippen LogP contribution in [-0.2, 0) is 11.3 Å². The molecule has 0 atom stereocenters. The Hall–Kier alpha value is -1.62. The summed E-state index contributed by atoms with van der Waals surface area (Å²) >= 11 is 12.0. The molecule has 2 N–H and O–H groups in total. The fraction of sp³-hybridized carbons (Fsp3) is 0.143. The second-order valence-corrected chi connectivity index (χ2v) is 4.92. The standard InChI is InChI=1S/C14H13Cl2N3O/c15-11-2-1-3-12(16)14(11)19-13(20)9-18-8-10-4-6-17-7-5-10/h1-7,18H,8-9H2,(H,19,20). The minimum atomic E-state index is -0.200. The molecule has 0 saturated carbocycles. The minimum absolute atomic E-state index is 0.171. The molecule has 0 bridgehead atoms. The molecule has 2 rings (SSSR count). The van der Waals surface area contributed by atoms with E-state index in [0.29, 0.717) is 22.3 Å². The van der Waals surface area contributed by atoms with Crippen molar-refractivity contribution in [3.8, 4) is 0 Å². The van der Waals surface area contributed by atoms with E-state index in [2.05, 4.69) is 15.6 Å². The number of amides is 1. The third-order valence-electron chi connectivity index (χ3n) is 2.59. The Bertz CT molecular complexity index is 570. The van der Waals surface area contributed by atoms with Crippen LogP contribution >= 0.6 is 23.2 Å². The Morgan fingerprint density at radius 3 is 2.40 bits per heavy atom. The molecule has 0 saturated heterocycles. The number of hydrogen-bond donors (Lipinski definition) is 2. The van der Waals surface area contributed by atoms with Gasteiger partial charge in [0.2, 0.25) is 5.91 Å². The third kappa shape index (κ3) is 4.20. The molecule has 1 amide bonds. The summed E-state index contributed by atoms with van der Waals surface area (Å²) in [5, 5.41) is 6.56. The van der Waals surface area contributed by atoms with Gasteiger partial charge in [0.1, 0.15) is 0 Å². The van der Waals surface area contributed by atoms with Crippen LogP contribution in [0.4, 0.5) is 5.69 Å². The van der Waals surface area contributed by atoms with Crippen LogP contribution in [0.2, 0.25) is 10.0 Å². The first-order valence-electron chi connectivity index (χ1n) is 6.00. The zero-order valence-corrected chi connectivity index (χ0v) is 12.1. The molecule has 0 radical (unpaired) electrons. The van der Waals surface area contributed by atoms with E-state index in [-0.39, 0.29) is 12.5 Å². The van der Waals surface area contributed by atoms with Crippen molar-refractivity contribution in [2.75, 3.05) is 11.9 Å². The molecule has 1 aromatic heterocycles. The predicted octanol–water partition coefficient (Wildman–Crippen LogP) is 3.12. The summed E-state index contributed by atoms with van der Waals surface area (Å²) in [7, 11) is 0. The highest BCUT2D eigenvalue weighted by molar-refractivity contribution is 6.39. The number of carbonyl (C=O) groups excluding carboxylic acids is 1. The van der Waals surface area contributed by atoms with Crippen molar-refractivity contribution in [1.29, 1.82) is 0 Å². The number of nitrogens with one attached hydrogen (secondary N) is 2. The van der Waals surface area contributed by atoms with Gasteiger partial charge < -0.3 is 10.6 Å². The summed E-state index contributed by atoms with van der Waals surface area (Å²) < 4.78 is 0. The molecule has 1 aromatic carbocycles. The smallest absolute Gasteiger partial charge is 0.238 e. The largest absolute Gasteiger partial charge is 0.322 e. The van der Waals surface area contributed by atoms with Gasteiger partial charge in [-0.05, 0) is 29.8 Å². The fourth-order valence-electron chi connectivity index (χ4n) is 1.62. The molecular weight excluding hydrogens is 297 g/mol. The first-order chi connectivity index (χ1) is 9.66. The Morgan fingerprint density at radius 1 is 1.10 bits per heavy atom. The zero-order chi connectivity index (χ0) is 14.4. The molecule has 6 heteroatoms. The van der Waals surface area contributed by atoms with E-state index in [1.807, 2.05) is 12.1 Å². The zero-order valence-electron chi connectivity index (χ0n) is 10.6. The van der Waals surface area contributed by atoms with E-state index in [1.165, 1.54) is 0 Å². The van der Waals surface area contributed by atoms with Crippen molar-refractivity contribution < 1.29 is 4.79 Å². The van der Waals surface area contributed by atoms with Crippen LogP contribution in [0.1, 0.15) is 5.56 Å². The molecule has 0 aliphatic rings. The molecular formula is C14H13Cl2N3O. The number of aromatic nitrogens is 1. The highest BCUT2D eigenvalue weighted by Gasteiger charge is 2.08. The van der Waals surface area contributed by atoms with E-state index < -0.39 is 0 Å². The van der Waals surface area contributed by atoms with Crippen LogP contribution in [0.25, 0.3) is 0 Å². The summed E-state index contributed by atoms with van der Waals surface area (Å²) in [6.07, 6.45) is 3.42. The van der Waals surface area contributed by atoms with E-state index in [4.69, 9.17) is 23.2 Å². The average Bonchev–Trinajstić information content (AvgIpc) is 2.44. The molecule has 2 aromatic rings. The van der Waals surface area contributed by atoms with E-state index in [9.17, 15) is 4.79 Å². The topological polar surface area (TPSA) is 54.0 Å². The lowest BCUT2D eigenvalue weighted by Crippen LogP contribution is -2.27. The maximum absolute atomic E-state index is 11.8. The van der Waals surface area contributed by atoms with Gasteiger partial charge in [0, 0.05) is 18.9 Å². The van der Waals surface area contributed by atoms with Gasteiger partial charge >= 0.3 is 0 Å². The molecule has 0 spiro atoms. The molecule has 104 valence electrons. The normalized spacial score (nSPS) is 10.3. The van der Waals surface area contributed by atoms with Crippen LogP contribution in [0.5, 0.6) is 0 Å². The van der Waals surface area contributed by atoms with Crippen molar-refractivity contribution in [1.82, 2.24) is 10.3 Å². The van der Waals surface area contributed by atoms with Gasteiger partial charge in [-0.3, -0.25) is 9.78 Å². The lowest BCUT2D eigenvalue weighted by atomic mass is 10.3. The van der Waals surface area contributed by atoms with Crippen molar-refractivity contribution in [3.63, 3.8) is 0 Å². The quantitative estimate of drug-likeness (QED) is 0.892. The van der Waals surface area contributed by atoms with Gasteiger partial charge in [0.15, 0.2) is 0 Å². The second kappa shape index (κ2) is 7.24. The molecule has 0 aliphatic carbocycles. The third-order valence-corrected chi connectivity index (χ3v) is 3.22. The fourth-order valence-corrected chi connectivity index (χ4v) is 2.11. The maximum Gasteiger partial charge on any atom is 0.238 e. The number of nitrogens with zero attached hydrogens (tertiary/aromatic N) is 1. The Labute approximate surface area is 127 Å².